The van der Waals surface area contributed by atoms with Crippen molar-refractivity contribution >= 4 is 15.7 Å². The molecular weight excluding hydrogens is 248 g/mol. The number of hydrogen-bond donors (Lipinski definition) is 1. The molecule has 0 saturated carbocycles. The Hall–Kier alpha value is -1.07. The van der Waals surface area contributed by atoms with E-state index in [-0.39, 0.29) is 0 Å². The SMILES string of the molecule is CCC(C)CN(C)S(=O)(=O)c1cccc(N)c1C. The van der Waals surface area contributed by atoms with Gasteiger partial charge in [0, 0.05) is 19.3 Å². The van der Waals surface area contributed by atoms with Gasteiger partial charge in [-0.1, -0.05) is 26.3 Å². The zero-order valence-corrected chi connectivity index (χ0v) is 12.3. The first-order valence-corrected chi connectivity index (χ1v) is 7.56. The third-order valence-corrected chi connectivity index (χ3v) is 5.25. The molecule has 1 rings (SSSR count). The second-order valence-corrected chi connectivity index (χ2v) is 6.78. The van der Waals surface area contributed by atoms with E-state index in [1.54, 1.807) is 32.2 Å². The third kappa shape index (κ3) is 3.03. The van der Waals surface area contributed by atoms with Gasteiger partial charge in [0.1, 0.15) is 0 Å². The van der Waals surface area contributed by atoms with Crippen molar-refractivity contribution in [3.05, 3.63) is 23.8 Å². The summed E-state index contributed by atoms with van der Waals surface area (Å²) in [6.45, 7) is 6.35. The molecule has 2 N–H and O–H groups in total. The van der Waals surface area contributed by atoms with Crippen LogP contribution in [0.1, 0.15) is 25.8 Å². The number of benzene rings is 1. The summed E-state index contributed by atoms with van der Waals surface area (Å²) in [7, 11) is -1.83. The minimum Gasteiger partial charge on any atom is -0.398 e. The molecule has 102 valence electrons. The lowest BCUT2D eigenvalue weighted by molar-refractivity contribution is 0.393. The summed E-state index contributed by atoms with van der Waals surface area (Å²) < 4.78 is 26.3. The van der Waals surface area contributed by atoms with Gasteiger partial charge in [0.15, 0.2) is 0 Å². The number of anilines is 1. The fourth-order valence-corrected chi connectivity index (χ4v) is 3.29. The van der Waals surface area contributed by atoms with Crippen molar-refractivity contribution in [1.82, 2.24) is 4.31 Å². The standard InChI is InChI=1S/C13H22N2O2S/c1-5-10(2)9-15(4)18(16,17)13-8-6-7-12(14)11(13)3/h6-8,10H,5,9,14H2,1-4H3. The largest absolute Gasteiger partial charge is 0.398 e. The van der Waals surface area contributed by atoms with Crippen molar-refractivity contribution in [2.45, 2.75) is 32.1 Å². The monoisotopic (exact) mass is 270 g/mol. The molecule has 0 bridgehead atoms. The Morgan fingerprint density at radius 2 is 2.00 bits per heavy atom. The second kappa shape index (κ2) is 5.71. The molecular formula is C13H22N2O2S. The molecule has 1 aromatic carbocycles. The van der Waals surface area contributed by atoms with E-state index in [9.17, 15) is 8.42 Å². The summed E-state index contributed by atoms with van der Waals surface area (Å²) in [6, 6.07) is 4.99. The predicted molar refractivity (Wildman–Crippen MR) is 74.9 cm³/mol. The van der Waals surface area contributed by atoms with Crippen molar-refractivity contribution in [3.8, 4) is 0 Å². The van der Waals surface area contributed by atoms with Gasteiger partial charge >= 0.3 is 0 Å². The number of hydrogen-bond acceptors (Lipinski definition) is 3. The molecule has 0 fully saturated rings. The number of nitrogens with two attached hydrogens (primary N) is 1. The Bertz CT molecular complexity index is 512. The van der Waals surface area contributed by atoms with E-state index in [4.69, 9.17) is 5.73 Å². The topological polar surface area (TPSA) is 63.4 Å². The zero-order valence-electron chi connectivity index (χ0n) is 11.5. The molecule has 1 unspecified atom stereocenters. The van der Waals surface area contributed by atoms with Crippen LogP contribution in [0, 0.1) is 12.8 Å². The van der Waals surface area contributed by atoms with Crippen LogP contribution >= 0.6 is 0 Å². The summed E-state index contributed by atoms with van der Waals surface area (Å²) >= 11 is 0. The molecule has 1 atom stereocenters. The van der Waals surface area contributed by atoms with Gasteiger partial charge in [0.2, 0.25) is 10.0 Å². The Morgan fingerprint density at radius 1 is 1.39 bits per heavy atom. The van der Waals surface area contributed by atoms with E-state index in [2.05, 4.69) is 6.92 Å². The molecule has 0 aliphatic heterocycles. The molecule has 0 saturated heterocycles. The average molecular weight is 270 g/mol. The highest BCUT2D eigenvalue weighted by Crippen LogP contribution is 2.23. The van der Waals surface area contributed by atoms with Gasteiger partial charge in [0.25, 0.3) is 0 Å². The minimum absolute atomic E-state index is 0.299. The van der Waals surface area contributed by atoms with Crippen LogP contribution in [0.25, 0.3) is 0 Å². The van der Waals surface area contributed by atoms with Crippen molar-refractivity contribution in [1.29, 1.82) is 0 Å². The highest BCUT2D eigenvalue weighted by Gasteiger charge is 2.24. The second-order valence-electron chi connectivity index (χ2n) is 4.77. The van der Waals surface area contributed by atoms with Crippen LogP contribution < -0.4 is 5.73 Å². The van der Waals surface area contributed by atoms with Crippen LogP contribution in [0.3, 0.4) is 0 Å². The first-order chi connectivity index (χ1) is 8.30. The summed E-state index contributed by atoms with van der Waals surface area (Å²) in [5.74, 6) is 0.339. The number of nitrogen functional groups attached to an aromatic ring is 1. The van der Waals surface area contributed by atoms with E-state index < -0.39 is 10.0 Å². The third-order valence-electron chi connectivity index (χ3n) is 3.28. The Balaban J connectivity index is 3.10. The molecule has 0 radical (unpaired) electrons. The molecule has 18 heavy (non-hydrogen) atoms. The van der Waals surface area contributed by atoms with Gasteiger partial charge in [-0.05, 0) is 30.5 Å². The van der Waals surface area contributed by atoms with Crippen LogP contribution in [0.2, 0.25) is 0 Å². The molecule has 4 nitrogen and oxygen atoms in total. The Morgan fingerprint density at radius 3 is 2.56 bits per heavy atom. The van der Waals surface area contributed by atoms with Crippen molar-refractivity contribution in [2.24, 2.45) is 5.92 Å². The van der Waals surface area contributed by atoms with Crippen LogP contribution in [0.4, 0.5) is 5.69 Å². The lowest BCUT2D eigenvalue weighted by atomic mass is 10.1. The molecule has 0 spiro atoms. The van der Waals surface area contributed by atoms with Gasteiger partial charge in [-0.3, -0.25) is 0 Å². The van der Waals surface area contributed by atoms with E-state index in [0.29, 0.717) is 28.6 Å². The molecule has 0 aliphatic rings. The first-order valence-electron chi connectivity index (χ1n) is 6.12. The van der Waals surface area contributed by atoms with Gasteiger partial charge in [0.05, 0.1) is 4.90 Å². The first kappa shape index (κ1) is 15.0. The van der Waals surface area contributed by atoms with Crippen molar-refractivity contribution in [3.63, 3.8) is 0 Å². The maximum absolute atomic E-state index is 12.4. The highest BCUT2D eigenvalue weighted by atomic mass is 32.2. The summed E-state index contributed by atoms with van der Waals surface area (Å²) in [5.41, 5.74) is 6.89. The maximum Gasteiger partial charge on any atom is 0.243 e. The van der Waals surface area contributed by atoms with Crippen LogP contribution in [-0.2, 0) is 10.0 Å². The lowest BCUT2D eigenvalue weighted by Gasteiger charge is -2.21. The molecule has 0 aromatic heterocycles. The molecule has 1 aromatic rings. The smallest absolute Gasteiger partial charge is 0.243 e. The van der Waals surface area contributed by atoms with Crippen LogP contribution in [0.15, 0.2) is 23.1 Å². The van der Waals surface area contributed by atoms with Gasteiger partial charge in [-0.25, -0.2) is 12.7 Å². The summed E-state index contributed by atoms with van der Waals surface area (Å²) in [6.07, 6.45) is 0.954. The van der Waals surface area contributed by atoms with E-state index in [0.717, 1.165) is 6.42 Å². The molecule has 5 heteroatoms. The maximum atomic E-state index is 12.4. The van der Waals surface area contributed by atoms with Crippen LogP contribution in [0.5, 0.6) is 0 Å². The van der Waals surface area contributed by atoms with Gasteiger partial charge in [-0.15, -0.1) is 0 Å². The van der Waals surface area contributed by atoms with Crippen molar-refractivity contribution < 1.29 is 8.42 Å². The number of sulfonamides is 1. The Labute approximate surface area is 110 Å². The van der Waals surface area contributed by atoms with Crippen LogP contribution in [-0.4, -0.2) is 26.3 Å². The fraction of sp³-hybridized carbons (Fsp3) is 0.538. The average Bonchev–Trinajstić information content (AvgIpc) is 2.32. The number of nitrogens with zero attached hydrogens (tertiary/aromatic N) is 1. The van der Waals surface area contributed by atoms with E-state index in [1.165, 1.54) is 4.31 Å². The molecule has 0 heterocycles. The summed E-state index contributed by atoms with van der Waals surface area (Å²) in [5, 5.41) is 0. The zero-order chi connectivity index (χ0) is 13.9. The van der Waals surface area contributed by atoms with Crippen molar-refractivity contribution in [2.75, 3.05) is 19.3 Å². The lowest BCUT2D eigenvalue weighted by Crippen LogP contribution is -2.31. The van der Waals surface area contributed by atoms with Gasteiger partial charge < -0.3 is 5.73 Å². The quantitative estimate of drug-likeness (QED) is 0.835. The Kier molecular flexibility index (Phi) is 4.76. The van der Waals surface area contributed by atoms with Gasteiger partial charge in [-0.2, -0.15) is 0 Å². The highest BCUT2D eigenvalue weighted by molar-refractivity contribution is 7.89. The normalized spacial score (nSPS) is 13.8. The number of rotatable bonds is 5. The van der Waals surface area contributed by atoms with E-state index in [1.807, 2.05) is 6.92 Å². The summed E-state index contributed by atoms with van der Waals surface area (Å²) in [4.78, 5) is 0.299. The minimum atomic E-state index is -3.44. The molecule has 0 aliphatic carbocycles. The van der Waals surface area contributed by atoms with E-state index >= 15 is 0 Å². The molecule has 0 amide bonds. The fourth-order valence-electron chi connectivity index (χ4n) is 1.74. The predicted octanol–water partition coefficient (Wildman–Crippen LogP) is 2.24.